The van der Waals surface area contributed by atoms with Gasteiger partial charge >= 0.3 is 0 Å². The average molecular weight is 750 g/mol. The molecule has 6 heterocycles. The second kappa shape index (κ2) is 13.9. The summed E-state index contributed by atoms with van der Waals surface area (Å²) in [7, 11) is -3.29. The number of fused-ring (bicyclic) bond motifs is 8. The molecule has 4 aliphatic heterocycles. The number of nitriles is 1. The van der Waals surface area contributed by atoms with Crippen LogP contribution in [-0.4, -0.2) is 59.0 Å². The molecule has 4 aliphatic rings. The summed E-state index contributed by atoms with van der Waals surface area (Å²) in [4.78, 5) is 25.1. The van der Waals surface area contributed by atoms with E-state index in [1.165, 1.54) is 12.1 Å². The number of rotatable bonds is 1. The van der Waals surface area contributed by atoms with Gasteiger partial charge in [0, 0.05) is 88.3 Å². The Morgan fingerprint density at radius 3 is 2.48 bits per heavy atom. The number of hydrogen-bond donors (Lipinski definition) is 1. The summed E-state index contributed by atoms with van der Waals surface area (Å²) in [5.74, 6) is -2.64. The predicted molar refractivity (Wildman–Crippen MR) is 168 cm³/mol. The average Bonchev–Trinajstić information content (AvgIpc) is 3.00. The Kier molecular flexibility index (Phi) is 10.5. The number of pyridine rings is 1. The van der Waals surface area contributed by atoms with Gasteiger partial charge in [0.25, 0.3) is 5.92 Å². The zero-order valence-corrected chi connectivity index (χ0v) is 31.1. The number of sulfone groups is 1. The molecule has 0 radical (unpaired) electrons. The Morgan fingerprint density at radius 1 is 1.04 bits per heavy atom. The summed E-state index contributed by atoms with van der Waals surface area (Å²) in [6.45, 7) is 4.86. The van der Waals surface area contributed by atoms with Crippen molar-refractivity contribution < 1.29 is 44.5 Å². The monoisotopic (exact) mass is 751 g/mol. The van der Waals surface area contributed by atoms with Crippen molar-refractivity contribution in [1.82, 2.24) is 19.4 Å². The standard InChI is InChI=1S/C33H39F2N6O3S.Cd/c1-23-25-7-6-8-26(17-25)33(34,35)10-9-24-19-40(20-24)13-4-2-3-5-14-41-30-27(29(39-23)37-22-38-30)18-28(31(41)42)32(21-36)11-15-45(43,44)16-12-32;/h6-8,17-18,23-24H,2-5,9-16,19-20H2,1H3,(H,37,38,39);/q-1;/t23-;/m1./s1. The van der Waals surface area contributed by atoms with Crippen LogP contribution in [0.3, 0.4) is 0 Å². The number of hydrogen-bond acceptors (Lipinski definition) is 8. The molecule has 1 aromatic carbocycles. The summed E-state index contributed by atoms with van der Waals surface area (Å²) >= 11 is 0. The first-order valence-corrected chi connectivity index (χ1v) is 17.7. The fourth-order valence-electron chi connectivity index (χ4n) is 6.98. The van der Waals surface area contributed by atoms with Crippen LogP contribution in [0.2, 0.25) is 0 Å². The molecule has 3 aromatic rings. The summed E-state index contributed by atoms with van der Waals surface area (Å²) in [6.07, 6.45) is 6.57. The Morgan fingerprint density at radius 2 is 1.76 bits per heavy atom. The molecule has 8 bridgehead atoms. The smallest absolute Gasteiger partial charge is 0.273 e. The van der Waals surface area contributed by atoms with Gasteiger partial charge in [0.2, 0.25) is 5.56 Å². The number of halogens is 2. The Hall–Kier alpha value is -2.51. The van der Waals surface area contributed by atoms with Gasteiger partial charge in [-0.05, 0) is 63.1 Å². The molecule has 9 nitrogen and oxygen atoms in total. The normalized spacial score (nSPS) is 25.9. The van der Waals surface area contributed by atoms with Crippen LogP contribution in [0, 0.1) is 23.6 Å². The Balaban J connectivity index is 0.00000417. The molecule has 1 N–H and O–H groups in total. The Labute approximate surface area is 288 Å². The van der Waals surface area contributed by atoms with Crippen LogP contribution in [0.4, 0.5) is 14.6 Å². The van der Waals surface area contributed by atoms with E-state index >= 15 is 8.78 Å². The summed E-state index contributed by atoms with van der Waals surface area (Å²) < 4.78 is 56.9. The number of nitrogens with zero attached hydrogens (tertiary/aromatic N) is 5. The minimum atomic E-state index is -3.29. The maximum Gasteiger partial charge on any atom is 0.273 e. The molecule has 0 amide bonds. The van der Waals surface area contributed by atoms with Gasteiger partial charge < -0.3 is 24.8 Å². The van der Waals surface area contributed by atoms with E-state index in [1.54, 1.807) is 22.8 Å². The van der Waals surface area contributed by atoms with Crippen LogP contribution in [-0.2, 0) is 55.0 Å². The minimum Gasteiger partial charge on any atom is -0.415 e. The molecular weight excluding hydrogens is 711 g/mol. The first-order chi connectivity index (χ1) is 21.5. The number of aromatic nitrogens is 3. The fourth-order valence-corrected chi connectivity index (χ4v) is 8.50. The second-order valence-electron chi connectivity index (χ2n) is 13.0. The van der Waals surface area contributed by atoms with Crippen molar-refractivity contribution in [3.05, 3.63) is 63.7 Å². The number of alkyl halides is 2. The summed E-state index contributed by atoms with van der Waals surface area (Å²) in [5.41, 5.74) is -0.377. The molecule has 0 unspecified atom stereocenters. The number of aryl methyl sites for hydroxylation is 1. The fraction of sp³-hybridized carbons (Fsp3) is 0.576. The molecule has 46 heavy (non-hydrogen) atoms. The molecule has 7 rings (SSSR count). The van der Waals surface area contributed by atoms with Crippen molar-refractivity contribution in [2.45, 2.75) is 82.2 Å². The molecular formula is C33H39CdF2N6O3S-. The summed E-state index contributed by atoms with van der Waals surface area (Å²) in [5, 5.41) is 14.2. The van der Waals surface area contributed by atoms with Gasteiger partial charge in [0.15, 0.2) is 0 Å². The van der Waals surface area contributed by atoms with E-state index in [0.29, 0.717) is 35.4 Å². The van der Waals surface area contributed by atoms with Gasteiger partial charge in [0.05, 0.1) is 23.0 Å². The van der Waals surface area contributed by atoms with Crippen LogP contribution in [0.25, 0.3) is 11.0 Å². The minimum absolute atomic E-state index is 0. The van der Waals surface area contributed by atoms with Crippen LogP contribution >= 0.6 is 0 Å². The largest absolute Gasteiger partial charge is 0.415 e. The van der Waals surface area contributed by atoms with E-state index in [1.807, 2.05) is 6.92 Å². The van der Waals surface area contributed by atoms with Crippen molar-refractivity contribution in [3.8, 4) is 6.07 Å². The Bertz CT molecular complexity index is 1770. The second-order valence-corrected chi connectivity index (χ2v) is 15.3. The van der Waals surface area contributed by atoms with E-state index in [4.69, 9.17) is 0 Å². The maximum atomic E-state index is 15.4. The van der Waals surface area contributed by atoms with E-state index < -0.39 is 27.2 Å². The zero-order valence-electron chi connectivity index (χ0n) is 26.3. The van der Waals surface area contributed by atoms with Crippen LogP contribution in [0.5, 0.6) is 0 Å². The van der Waals surface area contributed by atoms with E-state index in [2.05, 4.69) is 32.6 Å². The first-order valence-electron chi connectivity index (χ1n) is 15.9. The third kappa shape index (κ3) is 7.16. The number of nitrogens with one attached hydrogen (secondary N) is 1. The summed E-state index contributed by atoms with van der Waals surface area (Å²) in [6, 6.07) is 9.94. The van der Waals surface area contributed by atoms with Crippen molar-refractivity contribution in [1.29, 1.82) is 5.26 Å². The van der Waals surface area contributed by atoms with Crippen molar-refractivity contribution in [2.75, 3.05) is 36.5 Å². The van der Waals surface area contributed by atoms with Crippen LogP contribution in [0.15, 0.2) is 35.1 Å². The van der Waals surface area contributed by atoms with Crippen molar-refractivity contribution in [3.63, 3.8) is 0 Å². The van der Waals surface area contributed by atoms with Gasteiger partial charge in [-0.15, -0.1) is 0 Å². The number of anilines is 1. The van der Waals surface area contributed by atoms with E-state index in [-0.39, 0.29) is 80.7 Å². The van der Waals surface area contributed by atoms with Gasteiger partial charge in [-0.25, -0.2) is 17.2 Å². The van der Waals surface area contributed by atoms with E-state index in [0.717, 1.165) is 45.3 Å². The quantitative estimate of drug-likeness (QED) is 0.270. The van der Waals surface area contributed by atoms with Crippen LogP contribution < -0.4 is 10.9 Å². The van der Waals surface area contributed by atoms with Gasteiger partial charge in [0.1, 0.15) is 9.84 Å². The molecule has 1 atom stereocenters. The molecule has 0 aliphatic carbocycles. The zero-order chi connectivity index (χ0) is 31.8. The molecule has 2 aromatic heterocycles. The topological polar surface area (TPSA) is 121 Å². The molecule has 2 fully saturated rings. The van der Waals surface area contributed by atoms with Crippen molar-refractivity contribution in [2.24, 2.45) is 5.92 Å². The van der Waals surface area contributed by atoms with Gasteiger partial charge in [-0.1, -0.05) is 42.5 Å². The van der Waals surface area contributed by atoms with Gasteiger partial charge in [-0.3, -0.25) is 4.79 Å². The van der Waals surface area contributed by atoms with Gasteiger partial charge in [-0.2, -0.15) is 5.26 Å². The third-order valence-corrected chi connectivity index (χ3v) is 11.6. The molecule has 13 heteroatoms. The molecule has 0 saturated carbocycles. The van der Waals surface area contributed by atoms with Crippen LogP contribution in [0.1, 0.15) is 81.0 Å². The molecule has 2 saturated heterocycles. The first kappa shape index (κ1) is 34.8. The van der Waals surface area contributed by atoms with E-state index in [9.17, 15) is 18.5 Å². The van der Waals surface area contributed by atoms with Crippen molar-refractivity contribution >= 4 is 26.7 Å². The molecule has 242 valence electrons. The number of benzene rings is 1. The predicted octanol–water partition coefficient (Wildman–Crippen LogP) is 5.11. The third-order valence-electron chi connectivity index (χ3n) is 9.91. The maximum absolute atomic E-state index is 15.4. The molecule has 0 spiro atoms. The SMILES string of the molecule is C[C@H]1Nc2n[c-]nc3c2cc(C2(C#N)CCS(=O)(=O)CC2)c(=O)n3CCCCCCN2CC(CCC(F)(F)c3cccc1c3)C2.[Cd].